The van der Waals surface area contributed by atoms with Crippen LogP contribution >= 0.6 is 0 Å². The van der Waals surface area contributed by atoms with E-state index < -0.39 is 11.9 Å². The average Bonchev–Trinajstić information content (AvgIpc) is 1.61. The highest BCUT2D eigenvalue weighted by atomic mass is 16.4. The largest absolute Gasteiger partial charge is 1.00 e. The fourth-order valence-corrected chi connectivity index (χ4v) is 0.143. The molecule has 0 aromatic heterocycles. The summed E-state index contributed by atoms with van der Waals surface area (Å²) in [5, 5.41) is 15.6. The first-order valence-corrected chi connectivity index (χ1v) is 1.77. The lowest BCUT2D eigenvalue weighted by Crippen LogP contribution is -1.91. The zero-order valence-electron chi connectivity index (χ0n) is 4.87. The predicted molar refractivity (Wildman–Crippen MR) is 25.5 cm³/mol. The minimum absolute atomic E-state index is 0. The lowest BCUT2D eigenvalue weighted by Gasteiger charge is -1.74. The van der Waals surface area contributed by atoms with E-state index in [1.807, 2.05) is 0 Å². The normalized spacial score (nSPS) is 9.50. The third kappa shape index (κ3) is 4.68. The molecule has 0 atom stereocenters. The first-order chi connectivity index (χ1) is 3.63. The zero-order valence-corrected chi connectivity index (χ0v) is 3.87. The highest BCUT2D eigenvalue weighted by molar-refractivity contribution is 5.89. The summed E-state index contributed by atoms with van der Waals surface area (Å²) in [6, 6.07) is 0. The fourth-order valence-electron chi connectivity index (χ4n) is 0.143. The van der Waals surface area contributed by atoms with Crippen molar-refractivity contribution in [3.05, 3.63) is 12.2 Å². The summed E-state index contributed by atoms with van der Waals surface area (Å²) < 4.78 is 0. The van der Waals surface area contributed by atoms with Gasteiger partial charge in [-0.2, -0.15) is 0 Å². The summed E-state index contributed by atoms with van der Waals surface area (Å²) in [6.07, 6.45) is 1.12. The van der Waals surface area contributed by atoms with Crippen LogP contribution in [-0.4, -0.2) is 22.2 Å². The molecule has 0 rings (SSSR count). The van der Waals surface area contributed by atoms with Gasteiger partial charge in [0.1, 0.15) is 0 Å². The Kier molecular flexibility index (Phi) is 2.33. The van der Waals surface area contributed by atoms with E-state index in [9.17, 15) is 9.59 Å². The molecule has 0 aliphatic carbocycles. The van der Waals surface area contributed by atoms with Gasteiger partial charge < -0.3 is 11.6 Å². The number of hydrogen-bond donors (Lipinski definition) is 2. The van der Waals surface area contributed by atoms with Crippen molar-refractivity contribution in [1.82, 2.24) is 0 Å². The maximum absolute atomic E-state index is 9.55. The molecule has 4 nitrogen and oxygen atoms in total. The van der Waals surface area contributed by atoms with Crippen molar-refractivity contribution >= 4 is 11.9 Å². The molecule has 0 bridgehead atoms. The standard InChI is InChI=1S/C4H4O4.H/c5-3(6)1-2-4(7)8;/h1-2H,(H,5,6)(H,7,8);/q;-1/b2-1+;. The molecular formula is C4H5O4-. The molecule has 0 fully saturated rings. The summed E-state index contributed by atoms with van der Waals surface area (Å²) in [5.41, 5.74) is 0. The van der Waals surface area contributed by atoms with Crippen molar-refractivity contribution in [2.24, 2.45) is 0 Å². The van der Waals surface area contributed by atoms with E-state index in [1.54, 1.807) is 0 Å². The number of hydrogen-bond acceptors (Lipinski definition) is 2. The Morgan fingerprint density at radius 3 is 1.50 bits per heavy atom. The topological polar surface area (TPSA) is 74.6 Å². The Morgan fingerprint density at radius 1 is 1.12 bits per heavy atom. The van der Waals surface area contributed by atoms with Crippen molar-refractivity contribution in [1.29, 1.82) is 0 Å². The van der Waals surface area contributed by atoms with Crippen molar-refractivity contribution in [3.63, 3.8) is 0 Å². The highest BCUT2D eigenvalue weighted by Gasteiger charge is 1.88. The quantitative estimate of drug-likeness (QED) is 0.492. The molecule has 0 radical (unpaired) electrons. The van der Waals surface area contributed by atoms with E-state index >= 15 is 0 Å². The van der Waals surface area contributed by atoms with E-state index in [1.165, 1.54) is 0 Å². The molecule has 0 aromatic rings. The molecule has 46 valence electrons. The van der Waals surface area contributed by atoms with Crippen LogP contribution in [0.2, 0.25) is 0 Å². The van der Waals surface area contributed by atoms with E-state index in [4.69, 9.17) is 10.2 Å². The van der Waals surface area contributed by atoms with Crippen LogP contribution in [0.5, 0.6) is 0 Å². The van der Waals surface area contributed by atoms with Crippen LogP contribution in [0.25, 0.3) is 0 Å². The van der Waals surface area contributed by atoms with Gasteiger partial charge in [0.25, 0.3) is 0 Å². The van der Waals surface area contributed by atoms with Crippen LogP contribution in [0.15, 0.2) is 12.2 Å². The van der Waals surface area contributed by atoms with E-state index in [0.29, 0.717) is 12.2 Å². The van der Waals surface area contributed by atoms with Crippen molar-refractivity contribution in [2.45, 2.75) is 0 Å². The van der Waals surface area contributed by atoms with E-state index in [2.05, 4.69) is 0 Å². The summed E-state index contributed by atoms with van der Waals surface area (Å²) in [6.45, 7) is 0. The molecule has 8 heavy (non-hydrogen) atoms. The molecule has 0 unspecified atom stereocenters. The SMILES string of the molecule is O=C(O)/C=C/C(=O)O.[H-]. The molecule has 0 aromatic carbocycles. The number of aliphatic carboxylic acids is 2. The Bertz CT molecular complexity index is 124. The summed E-state index contributed by atoms with van der Waals surface area (Å²) >= 11 is 0. The molecule has 2 N–H and O–H groups in total. The fraction of sp³-hybridized carbons (Fsp3) is 0. The maximum Gasteiger partial charge on any atom is 0.328 e. The second-order valence-electron chi connectivity index (χ2n) is 1.01. The Hall–Kier alpha value is -1.32. The molecule has 4 heteroatoms. The summed E-state index contributed by atoms with van der Waals surface area (Å²) in [5.74, 6) is -2.51. The van der Waals surface area contributed by atoms with Crippen molar-refractivity contribution < 1.29 is 21.2 Å². The van der Waals surface area contributed by atoms with Crippen LogP contribution < -0.4 is 0 Å². The van der Waals surface area contributed by atoms with Gasteiger partial charge in [-0.05, 0) is 0 Å². The highest BCUT2D eigenvalue weighted by Crippen LogP contribution is 1.70. The van der Waals surface area contributed by atoms with Gasteiger partial charge in [-0.1, -0.05) is 0 Å². The average molecular weight is 117 g/mol. The maximum atomic E-state index is 9.55. The first-order valence-electron chi connectivity index (χ1n) is 1.77. The first kappa shape index (κ1) is 6.68. The van der Waals surface area contributed by atoms with E-state index in [-0.39, 0.29) is 1.43 Å². The summed E-state index contributed by atoms with van der Waals surface area (Å²) in [4.78, 5) is 19.1. The Balaban J connectivity index is 0. The van der Waals surface area contributed by atoms with Gasteiger partial charge in [-0.15, -0.1) is 0 Å². The molecule has 0 saturated carbocycles. The lowest BCUT2D eigenvalue weighted by molar-refractivity contribution is -0.134. The molecule has 0 saturated heterocycles. The van der Waals surface area contributed by atoms with Crippen LogP contribution in [0.4, 0.5) is 0 Å². The van der Waals surface area contributed by atoms with Gasteiger partial charge in [0.05, 0.1) is 0 Å². The number of carbonyl (C=O) groups is 2. The van der Waals surface area contributed by atoms with Crippen molar-refractivity contribution in [3.8, 4) is 0 Å². The molecule has 0 amide bonds. The number of rotatable bonds is 2. The van der Waals surface area contributed by atoms with Gasteiger partial charge in [0, 0.05) is 12.2 Å². The van der Waals surface area contributed by atoms with Gasteiger partial charge >= 0.3 is 11.9 Å². The zero-order chi connectivity index (χ0) is 6.57. The van der Waals surface area contributed by atoms with Gasteiger partial charge in [-0.3, -0.25) is 0 Å². The van der Waals surface area contributed by atoms with Crippen LogP contribution in [0.1, 0.15) is 1.43 Å². The van der Waals surface area contributed by atoms with Crippen LogP contribution in [0, 0.1) is 0 Å². The van der Waals surface area contributed by atoms with Crippen molar-refractivity contribution in [2.75, 3.05) is 0 Å². The third-order valence-electron chi connectivity index (χ3n) is 0.368. The smallest absolute Gasteiger partial charge is 0.328 e. The molecule has 0 aliphatic heterocycles. The number of carboxylic acid groups (broad SMARTS) is 2. The Labute approximate surface area is 46.5 Å². The van der Waals surface area contributed by atoms with Crippen LogP contribution in [0.3, 0.4) is 0 Å². The minimum atomic E-state index is -1.26. The molecule has 0 heterocycles. The van der Waals surface area contributed by atoms with Gasteiger partial charge in [0.15, 0.2) is 0 Å². The molecular weight excluding hydrogens is 112 g/mol. The monoisotopic (exact) mass is 117 g/mol. The Morgan fingerprint density at radius 2 is 1.38 bits per heavy atom. The number of carboxylic acids is 2. The summed E-state index contributed by atoms with van der Waals surface area (Å²) in [7, 11) is 0. The lowest BCUT2D eigenvalue weighted by atomic mass is 10.5. The van der Waals surface area contributed by atoms with Gasteiger partial charge in [0.2, 0.25) is 0 Å². The molecule has 0 aliphatic rings. The van der Waals surface area contributed by atoms with Gasteiger partial charge in [-0.25, -0.2) is 9.59 Å². The predicted octanol–water partition coefficient (Wildman–Crippen LogP) is -0.176. The molecule has 0 spiro atoms. The van der Waals surface area contributed by atoms with Crippen LogP contribution in [-0.2, 0) is 9.59 Å². The second-order valence-corrected chi connectivity index (χ2v) is 1.01. The third-order valence-corrected chi connectivity index (χ3v) is 0.368. The minimum Gasteiger partial charge on any atom is -1.00 e. The van der Waals surface area contributed by atoms with E-state index in [0.717, 1.165) is 0 Å². The second kappa shape index (κ2) is 2.79.